The summed E-state index contributed by atoms with van der Waals surface area (Å²) in [7, 11) is 3.21. The molecule has 0 aliphatic heterocycles. The molecule has 4 rings (SSSR count). The van der Waals surface area contributed by atoms with Crippen LogP contribution in [0.25, 0.3) is 16.7 Å². The Kier molecular flexibility index (Phi) is 7.28. The van der Waals surface area contributed by atoms with E-state index in [1.807, 2.05) is 47.7 Å². The summed E-state index contributed by atoms with van der Waals surface area (Å²) in [6.07, 6.45) is 1.69. The van der Waals surface area contributed by atoms with Crippen molar-refractivity contribution < 1.29 is 14.3 Å². The van der Waals surface area contributed by atoms with Gasteiger partial charge in [0.2, 0.25) is 5.65 Å². The molecule has 190 valence electrons. The fourth-order valence-electron chi connectivity index (χ4n) is 4.10. The minimum Gasteiger partial charge on any atom is -0.493 e. The van der Waals surface area contributed by atoms with Crippen molar-refractivity contribution in [3.63, 3.8) is 0 Å². The molecule has 0 aliphatic carbocycles. The number of nitrogens with zero attached hydrogens (tertiary/aromatic N) is 4. The average Bonchev–Trinajstić information content (AvgIpc) is 3.26. The van der Waals surface area contributed by atoms with E-state index >= 15 is 0 Å². The molecular weight excluding hydrogens is 456 g/mol. The molecule has 1 amide bonds. The van der Waals surface area contributed by atoms with Crippen LogP contribution in [0.1, 0.15) is 55.4 Å². The van der Waals surface area contributed by atoms with Crippen molar-refractivity contribution in [1.29, 1.82) is 0 Å². The fourth-order valence-corrected chi connectivity index (χ4v) is 4.10. The van der Waals surface area contributed by atoms with Gasteiger partial charge in [-0.1, -0.05) is 32.9 Å². The van der Waals surface area contributed by atoms with E-state index in [4.69, 9.17) is 14.5 Å². The summed E-state index contributed by atoms with van der Waals surface area (Å²) in [5.74, 6) is 2.58. The molecule has 0 radical (unpaired) electrons. The summed E-state index contributed by atoms with van der Waals surface area (Å²) < 4.78 is 12.9. The van der Waals surface area contributed by atoms with Crippen LogP contribution in [0.4, 0.5) is 5.82 Å². The molecule has 9 nitrogen and oxygen atoms in total. The number of benzene rings is 2. The number of fused-ring (bicyclic) bond motifs is 3. The van der Waals surface area contributed by atoms with Crippen molar-refractivity contribution in [3.8, 4) is 11.5 Å². The number of amides is 1. The molecule has 2 heterocycles. The topological polar surface area (TPSA) is 103 Å². The fraction of sp³-hybridized carbons (Fsp3) is 0.407. The Bertz CT molecular complexity index is 1370. The highest BCUT2D eigenvalue weighted by atomic mass is 16.5. The molecule has 0 aliphatic rings. The van der Waals surface area contributed by atoms with Crippen LogP contribution in [0, 0.1) is 6.92 Å². The Morgan fingerprint density at radius 2 is 1.64 bits per heavy atom. The molecule has 0 atom stereocenters. The third-order valence-electron chi connectivity index (χ3n) is 6.19. The third kappa shape index (κ3) is 5.19. The minimum atomic E-state index is -0.0513. The van der Waals surface area contributed by atoms with E-state index in [0.717, 1.165) is 29.7 Å². The summed E-state index contributed by atoms with van der Waals surface area (Å²) >= 11 is 0. The summed E-state index contributed by atoms with van der Waals surface area (Å²) in [4.78, 5) is 17.2. The van der Waals surface area contributed by atoms with Gasteiger partial charge in [-0.3, -0.25) is 9.20 Å². The SMILES string of the molecule is COc1cc2nc(NCCCCNC(=O)c3ccc(C(C)(C)C)cc3)c3nnc(C)n3c2cc1OC. The zero-order chi connectivity index (χ0) is 25.9. The first-order chi connectivity index (χ1) is 17.2. The number of aryl methyl sites for hydroxylation is 1. The maximum Gasteiger partial charge on any atom is 0.251 e. The van der Waals surface area contributed by atoms with E-state index in [-0.39, 0.29) is 11.3 Å². The lowest BCUT2D eigenvalue weighted by Crippen LogP contribution is -2.25. The van der Waals surface area contributed by atoms with Gasteiger partial charge in [0.1, 0.15) is 5.82 Å². The van der Waals surface area contributed by atoms with E-state index in [2.05, 4.69) is 41.6 Å². The zero-order valence-electron chi connectivity index (χ0n) is 21.8. The second kappa shape index (κ2) is 10.4. The Balaban J connectivity index is 1.36. The van der Waals surface area contributed by atoms with Gasteiger partial charge in [0, 0.05) is 30.8 Å². The van der Waals surface area contributed by atoms with E-state index in [1.165, 1.54) is 5.56 Å². The summed E-state index contributed by atoms with van der Waals surface area (Å²) in [6, 6.07) is 11.6. The van der Waals surface area contributed by atoms with Crippen molar-refractivity contribution in [3.05, 3.63) is 53.3 Å². The van der Waals surface area contributed by atoms with Gasteiger partial charge in [-0.15, -0.1) is 10.2 Å². The highest BCUT2D eigenvalue weighted by Gasteiger charge is 2.17. The number of carbonyl (C=O) groups is 1. The lowest BCUT2D eigenvalue weighted by molar-refractivity contribution is 0.0953. The summed E-state index contributed by atoms with van der Waals surface area (Å²) in [5.41, 5.74) is 4.20. The van der Waals surface area contributed by atoms with Crippen molar-refractivity contribution in [2.45, 2.75) is 46.0 Å². The molecule has 2 aromatic carbocycles. The minimum absolute atomic E-state index is 0.0513. The zero-order valence-corrected chi connectivity index (χ0v) is 21.8. The number of nitrogens with one attached hydrogen (secondary N) is 2. The molecule has 4 aromatic rings. The number of hydrogen-bond acceptors (Lipinski definition) is 7. The van der Waals surface area contributed by atoms with Crippen molar-refractivity contribution >= 4 is 28.4 Å². The average molecular weight is 491 g/mol. The van der Waals surface area contributed by atoms with Crippen LogP contribution in [0.15, 0.2) is 36.4 Å². The number of ether oxygens (including phenoxy) is 2. The van der Waals surface area contributed by atoms with Gasteiger partial charge in [0.15, 0.2) is 17.3 Å². The predicted molar refractivity (Wildman–Crippen MR) is 141 cm³/mol. The maximum absolute atomic E-state index is 12.5. The second-order valence-electron chi connectivity index (χ2n) is 9.78. The van der Waals surface area contributed by atoms with Gasteiger partial charge in [0.05, 0.1) is 25.3 Å². The van der Waals surface area contributed by atoms with Crippen LogP contribution in [0.3, 0.4) is 0 Å². The van der Waals surface area contributed by atoms with Gasteiger partial charge in [-0.05, 0) is 42.9 Å². The lowest BCUT2D eigenvalue weighted by atomic mass is 9.87. The second-order valence-corrected chi connectivity index (χ2v) is 9.78. The quantitative estimate of drug-likeness (QED) is 0.333. The van der Waals surface area contributed by atoms with E-state index in [1.54, 1.807) is 14.2 Å². The standard InChI is InChI=1S/C27H34N6O3/c1-17-31-32-25-24(30-20-15-22(35-5)23(36-6)16-21(20)33(17)25)28-13-7-8-14-29-26(34)18-9-11-19(12-10-18)27(2,3)4/h9-12,15-16H,7-8,13-14H2,1-6H3,(H,28,30)(H,29,34). The molecule has 2 aromatic heterocycles. The van der Waals surface area contributed by atoms with E-state index in [0.29, 0.717) is 41.6 Å². The molecule has 0 bridgehead atoms. The van der Waals surface area contributed by atoms with Crippen LogP contribution in [-0.2, 0) is 5.41 Å². The van der Waals surface area contributed by atoms with Crippen molar-refractivity contribution in [2.75, 3.05) is 32.6 Å². The number of methoxy groups -OCH3 is 2. The molecule has 0 fully saturated rings. The monoisotopic (exact) mass is 490 g/mol. The molecule has 0 saturated heterocycles. The number of anilines is 1. The largest absolute Gasteiger partial charge is 0.493 e. The molecule has 0 spiro atoms. The van der Waals surface area contributed by atoms with Gasteiger partial charge in [0.25, 0.3) is 5.91 Å². The number of hydrogen-bond donors (Lipinski definition) is 2. The Morgan fingerprint density at radius 1 is 0.972 bits per heavy atom. The highest BCUT2D eigenvalue weighted by molar-refractivity contribution is 5.94. The summed E-state index contributed by atoms with van der Waals surface area (Å²) in [6.45, 7) is 9.66. The van der Waals surface area contributed by atoms with E-state index < -0.39 is 0 Å². The molecule has 0 saturated carbocycles. The maximum atomic E-state index is 12.5. The Labute approximate surface area is 211 Å². The molecule has 36 heavy (non-hydrogen) atoms. The van der Waals surface area contributed by atoms with Crippen LogP contribution >= 0.6 is 0 Å². The van der Waals surface area contributed by atoms with Crippen LogP contribution in [0.2, 0.25) is 0 Å². The first-order valence-electron chi connectivity index (χ1n) is 12.1. The van der Waals surface area contributed by atoms with Gasteiger partial charge >= 0.3 is 0 Å². The third-order valence-corrected chi connectivity index (χ3v) is 6.19. The summed E-state index contributed by atoms with van der Waals surface area (Å²) in [5, 5.41) is 14.9. The van der Waals surface area contributed by atoms with Crippen molar-refractivity contribution in [2.24, 2.45) is 0 Å². The van der Waals surface area contributed by atoms with Gasteiger partial charge in [-0.25, -0.2) is 4.98 Å². The predicted octanol–water partition coefficient (Wildman–Crippen LogP) is 4.52. The number of unbranched alkanes of at least 4 members (excludes halogenated alkanes) is 1. The Hall–Kier alpha value is -3.88. The number of aromatic nitrogens is 4. The van der Waals surface area contributed by atoms with Crippen LogP contribution < -0.4 is 20.1 Å². The molecule has 9 heteroatoms. The van der Waals surface area contributed by atoms with E-state index in [9.17, 15) is 4.79 Å². The normalized spacial score (nSPS) is 11.6. The highest BCUT2D eigenvalue weighted by Crippen LogP contribution is 2.33. The number of carbonyl (C=O) groups excluding carboxylic acids is 1. The van der Waals surface area contributed by atoms with Crippen molar-refractivity contribution in [1.82, 2.24) is 24.9 Å². The van der Waals surface area contributed by atoms with Crippen LogP contribution in [-0.4, -0.2) is 52.8 Å². The molecule has 2 N–H and O–H groups in total. The van der Waals surface area contributed by atoms with Gasteiger partial charge in [-0.2, -0.15) is 0 Å². The molecule has 0 unspecified atom stereocenters. The van der Waals surface area contributed by atoms with Crippen LogP contribution in [0.5, 0.6) is 11.5 Å². The van der Waals surface area contributed by atoms with Gasteiger partial charge < -0.3 is 20.1 Å². The lowest BCUT2D eigenvalue weighted by Gasteiger charge is -2.19. The Morgan fingerprint density at radius 3 is 2.31 bits per heavy atom. The molecular formula is C27H34N6O3. The first kappa shape index (κ1) is 25.2. The first-order valence-corrected chi connectivity index (χ1v) is 12.1. The smallest absolute Gasteiger partial charge is 0.251 e. The number of rotatable bonds is 9.